The Balaban J connectivity index is 1.52. The third-order valence-electron chi connectivity index (χ3n) is 7.65. The highest BCUT2D eigenvalue weighted by Crippen LogP contribution is 2.41. The van der Waals surface area contributed by atoms with Gasteiger partial charge in [-0.05, 0) is 73.7 Å². The first-order chi connectivity index (χ1) is 19.8. The number of rotatable bonds is 8. The average molecular weight is 604 g/mol. The number of nitrogens with zero attached hydrogens (tertiary/aromatic N) is 1. The smallest absolute Gasteiger partial charge is 0.395 e. The Morgan fingerprint density at radius 1 is 1.17 bits per heavy atom. The molecule has 0 spiro atoms. The zero-order valence-electron chi connectivity index (χ0n) is 22.7. The van der Waals surface area contributed by atoms with Crippen molar-refractivity contribution in [1.29, 1.82) is 0 Å². The number of alkyl halides is 3. The van der Waals surface area contributed by atoms with Crippen molar-refractivity contribution in [2.75, 3.05) is 18.5 Å². The lowest BCUT2D eigenvalue weighted by atomic mass is 9.91. The van der Waals surface area contributed by atoms with Crippen LogP contribution in [0.25, 0.3) is 11.1 Å². The minimum atomic E-state index is -4.52. The maximum atomic E-state index is 13.8. The van der Waals surface area contributed by atoms with Crippen LogP contribution in [0.5, 0.6) is 5.75 Å². The second-order valence-electron chi connectivity index (χ2n) is 10.9. The van der Waals surface area contributed by atoms with Gasteiger partial charge in [0.2, 0.25) is 11.8 Å². The fourth-order valence-corrected chi connectivity index (χ4v) is 5.05. The highest BCUT2D eigenvalue weighted by atomic mass is 35.5. The highest BCUT2D eigenvalue weighted by molar-refractivity contribution is 6.30. The molecule has 12 heteroatoms. The monoisotopic (exact) mass is 603 g/mol. The maximum Gasteiger partial charge on any atom is 0.395 e. The lowest BCUT2D eigenvalue weighted by Gasteiger charge is -2.27. The molecule has 1 saturated carbocycles. The molecule has 1 unspecified atom stereocenters. The summed E-state index contributed by atoms with van der Waals surface area (Å²) in [6.45, 7) is 1.45. The number of amides is 2. The van der Waals surface area contributed by atoms with Crippen molar-refractivity contribution < 1.29 is 32.2 Å². The van der Waals surface area contributed by atoms with Gasteiger partial charge in [0.05, 0.1) is 17.7 Å². The number of anilines is 1. The molecule has 0 saturated heterocycles. The number of aromatic nitrogens is 1. The predicted molar refractivity (Wildman–Crippen MR) is 151 cm³/mol. The molecule has 3 N–H and O–H groups in total. The first kappa shape index (κ1) is 29.7. The largest absolute Gasteiger partial charge is 0.491 e. The second-order valence-corrected chi connectivity index (χ2v) is 11.3. The van der Waals surface area contributed by atoms with Crippen LogP contribution in [0.1, 0.15) is 48.1 Å². The van der Waals surface area contributed by atoms with E-state index < -0.39 is 42.1 Å². The van der Waals surface area contributed by atoms with Crippen LogP contribution >= 0.6 is 11.6 Å². The number of nitrogens with one attached hydrogen (secondary N) is 1. The summed E-state index contributed by atoms with van der Waals surface area (Å²) >= 11 is 6.19. The zero-order valence-corrected chi connectivity index (χ0v) is 23.4. The number of carbonyl (C=O) groups excluding carboxylic acids is 2. The topological polar surface area (TPSA) is 113 Å². The molecule has 2 aromatic carbocycles. The van der Waals surface area contributed by atoms with Crippen LogP contribution in [0, 0.1) is 5.92 Å². The number of hydrogen-bond donors (Lipinski definition) is 2. The van der Waals surface area contributed by atoms with E-state index in [1.165, 1.54) is 54.7 Å². The van der Waals surface area contributed by atoms with Gasteiger partial charge in [-0.1, -0.05) is 17.7 Å². The zero-order chi connectivity index (χ0) is 30.2. The highest BCUT2D eigenvalue weighted by Gasteiger charge is 2.42. The molecule has 2 amide bonds. The van der Waals surface area contributed by atoms with Crippen molar-refractivity contribution in [3.63, 3.8) is 0 Å². The number of fused-ring (bicyclic) bond motifs is 3. The molecule has 1 fully saturated rings. The predicted octanol–water partition coefficient (Wildman–Crippen LogP) is 5.52. The van der Waals surface area contributed by atoms with E-state index in [1.807, 2.05) is 6.92 Å². The van der Waals surface area contributed by atoms with Gasteiger partial charge in [0.1, 0.15) is 18.4 Å². The van der Waals surface area contributed by atoms with E-state index in [4.69, 9.17) is 26.8 Å². The minimum Gasteiger partial charge on any atom is -0.491 e. The van der Waals surface area contributed by atoms with Crippen LogP contribution in [0.4, 0.5) is 18.9 Å². The first-order valence-electron chi connectivity index (χ1n) is 13.4. The summed E-state index contributed by atoms with van der Waals surface area (Å²) in [5, 5.41) is 3.03. The van der Waals surface area contributed by atoms with E-state index in [0.29, 0.717) is 21.8 Å². The summed E-state index contributed by atoms with van der Waals surface area (Å²) in [6.07, 6.45) is -1.72. The molecule has 5 rings (SSSR count). The summed E-state index contributed by atoms with van der Waals surface area (Å²) in [7, 11) is 0. The van der Waals surface area contributed by atoms with Crippen molar-refractivity contribution in [3.8, 4) is 16.9 Å². The molecule has 2 atom stereocenters. The molecule has 222 valence electrons. The Bertz CT molecular complexity index is 1570. The molecule has 42 heavy (non-hydrogen) atoms. The van der Waals surface area contributed by atoms with E-state index in [9.17, 15) is 27.6 Å². The number of primary amides is 1. The van der Waals surface area contributed by atoms with Crippen LogP contribution in [0.15, 0.2) is 59.5 Å². The fraction of sp³-hybridized carbons (Fsp3) is 0.367. The number of hydrogen-bond acceptors (Lipinski definition) is 5. The Labute approximate surface area is 244 Å². The summed E-state index contributed by atoms with van der Waals surface area (Å²) in [5.41, 5.74) is 6.09. The van der Waals surface area contributed by atoms with Gasteiger partial charge in [0, 0.05) is 40.9 Å². The average Bonchev–Trinajstić information content (AvgIpc) is 3.65. The molecule has 1 aliphatic heterocycles. The molecule has 0 bridgehead atoms. The molecule has 3 aromatic rings. The van der Waals surface area contributed by atoms with Crippen LogP contribution in [0.3, 0.4) is 0 Å². The van der Waals surface area contributed by atoms with Gasteiger partial charge in [-0.15, -0.1) is 0 Å². The van der Waals surface area contributed by atoms with Gasteiger partial charge < -0.3 is 20.5 Å². The van der Waals surface area contributed by atoms with Gasteiger partial charge in [-0.3, -0.25) is 19.0 Å². The Kier molecular flexibility index (Phi) is 8.08. The SMILES string of the molecule is CC1(OCCC(C(=O)Nc2ccc(C(N)=O)cc2)n2cc3c(cc2=O)-c2cc(Cl)ccc2C[C@@H](C(F)(F)F)CO3)CC1. The Morgan fingerprint density at radius 3 is 2.52 bits per heavy atom. The lowest BCUT2D eigenvalue weighted by molar-refractivity contribution is -0.181. The number of pyridine rings is 1. The summed E-state index contributed by atoms with van der Waals surface area (Å²) < 4.78 is 54.3. The van der Waals surface area contributed by atoms with Gasteiger partial charge in [0.25, 0.3) is 5.56 Å². The van der Waals surface area contributed by atoms with Gasteiger partial charge in [0.15, 0.2) is 0 Å². The Morgan fingerprint density at radius 2 is 1.88 bits per heavy atom. The summed E-state index contributed by atoms with van der Waals surface area (Å²) in [4.78, 5) is 38.5. The first-order valence-corrected chi connectivity index (χ1v) is 13.8. The van der Waals surface area contributed by atoms with Gasteiger partial charge >= 0.3 is 6.18 Å². The van der Waals surface area contributed by atoms with Crippen LogP contribution in [-0.2, 0) is 16.0 Å². The van der Waals surface area contributed by atoms with Crippen LogP contribution in [0.2, 0.25) is 5.02 Å². The molecule has 1 aromatic heterocycles. The molecular formula is C30H29ClF3N3O5. The standard InChI is InChI=1S/C30H29ClF3N3O5/c1-29(9-10-29)42-11-8-24(28(40)36-21-6-3-17(4-7-21)27(35)39)37-15-25-23(14-26(37)38)22-13-20(31)5-2-18(22)12-19(16-41-25)30(32,33)34/h2-7,13-15,19,24H,8-12,16H2,1H3,(H2,35,39)(H,36,40)/t19-,24?/m1/s1. The second kappa shape index (κ2) is 11.4. The fourth-order valence-electron chi connectivity index (χ4n) is 4.88. The van der Waals surface area contributed by atoms with Crippen molar-refractivity contribution in [3.05, 3.63) is 81.2 Å². The molecule has 2 aliphatic rings. The number of nitrogens with two attached hydrogens (primary N) is 1. The molecule has 1 aliphatic carbocycles. The normalized spacial score (nSPS) is 18.0. The van der Waals surface area contributed by atoms with Crippen molar-refractivity contribution in [2.24, 2.45) is 11.7 Å². The third-order valence-corrected chi connectivity index (χ3v) is 7.88. The van der Waals surface area contributed by atoms with E-state index in [1.54, 1.807) is 0 Å². The van der Waals surface area contributed by atoms with Crippen LogP contribution < -0.4 is 21.3 Å². The van der Waals surface area contributed by atoms with Crippen molar-refractivity contribution >= 4 is 29.1 Å². The number of benzene rings is 2. The van der Waals surface area contributed by atoms with Gasteiger partial charge in [-0.25, -0.2) is 0 Å². The van der Waals surface area contributed by atoms with Crippen LogP contribution in [-0.4, -0.2) is 41.4 Å². The lowest BCUT2D eigenvalue weighted by Crippen LogP contribution is -2.35. The van der Waals surface area contributed by atoms with Gasteiger partial charge in [-0.2, -0.15) is 13.2 Å². The number of ether oxygens (including phenoxy) is 2. The summed E-state index contributed by atoms with van der Waals surface area (Å²) in [5.74, 6) is -2.96. The maximum absolute atomic E-state index is 13.8. The number of halogens is 4. The van der Waals surface area contributed by atoms with Crippen molar-refractivity contribution in [2.45, 2.75) is 50.4 Å². The molecular weight excluding hydrogens is 575 g/mol. The quantitative estimate of drug-likeness (QED) is 0.352. The Hall–Kier alpha value is -3.83. The molecule has 0 radical (unpaired) electrons. The van der Waals surface area contributed by atoms with Crippen molar-refractivity contribution in [1.82, 2.24) is 4.57 Å². The minimum absolute atomic E-state index is 0.0192. The third kappa shape index (κ3) is 6.63. The van der Waals surface area contributed by atoms with E-state index >= 15 is 0 Å². The number of carbonyl (C=O) groups is 2. The molecule has 2 heterocycles. The molecule has 8 nitrogen and oxygen atoms in total. The summed E-state index contributed by atoms with van der Waals surface area (Å²) in [6, 6.07) is 10.6. The van der Waals surface area contributed by atoms with E-state index in [0.717, 1.165) is 17.4 Å². The van der Waals surface area contributed by atoms with E-state index in [2.05, 4.69) is 5.32 Å². The van der Waals surface area contributed by atoms with E-state index in [-0.39, 0.29) is 41.9 Å².